The molecule has 1 aliphatic carbocycles. The summed E-state index contributed by atoms with van der Waals surface area (Å²) < 4.78 is 0. The fourth-order valence-corrected chi connectivity index (χ4v) is 4.78. The average Bonchev–Trinajstić information content (AvgIpc) is 3.51. The van der Waals surface area contributed by atoms with Crippen molar-refractivity contribution in [1.29, 1.82) is 0 Å². The number of thiazole rings is 1. The van der Waals surface area contributed by atoms with Gasteiger partial charge in [-0.3, -0.25) is 14.6 Å². The van der Waals surface area contributed by atoms with Crippen molar-refractivity contribution in [2.45, 2.75) is 38.0 Å². The van der Waals surface area contributed by atoms with Crippen LogP contribution < -0.4 is 10.6 Å². The Hall–Kier alpha value is -3.59. The summed E-state index contributed by atoms with van der Waals surface area (Å²) >= 11 is 1.09. The van der Waals surface area contributed by atoms with E-state index in [4.69, 9.17) is 5.11 Å². The van der Waals surface area contributed by atoms with Crippen LogP contribution in [0, 0.1) is 5.92 Å². The van der Waals surface area contributed by atoms with Crippen molar-refractivity contribution in [3.63, 3.8) is 0 Å². The lowest BCUT2D eigenvalue weighted by Crippen LogP contribution is -2.23. The Kier molecular flexibility index (Phi) is 7.09. The number of aromatic carboxylic acids is 1. The van der Waals surface area contributed by atoms with Crippen LogP contribution in [0.4, 0.5) is 10.8 Å². The number of amides is 2. The number of pyridine rings is 1. The smallest absolute Gasteiger partial charge is 0.355 e. The van der Waals surface area contributed by atoms with Gasteiger partial charge in [-0.25, -0.2) is 9.78 Å². The monoisotopic (exact) mass is 464 g/mol. The highest BCUT2D eigenvalue weighted by Gasteiger charge is 2.27. The van der Waals surface area contributed by atoms with Gasteiger partial charge in [0.1, 0.15) is 0 Å². The van der Waals surface area contributed by atoms with Crippen molar-refractivity contribution in [3.8, 4) is 0 Å². The van der Waals surface area contributed by atoms with Gasteiger partial charge in [-0.2, -0.15) is 0 Å². The quantitative estimate of drug-likeness (QED) is 0.441. The first-order valence-electron chi connectivity index (χ1n) is 10.8. The highest BCUT2D eigenvalue weighted by Crippen LogP contribution is 2.35. The molecule has 1 saturated carbocycles. The van der Waals surface area contributed by atoms with Crippen molar-refractivity contribution in [2.75, 3.05) is 10.6 Å². The number of hydrogen-bond donors (Lipinski definition) is 3. The summed E-state index contributed by atoms with van der Waals surface area (Å²) in [6, 6.07) is 10.7. The average molecular weight is 465 g/mol. The summed E-state index contributed by atoms with van der Waals surface area (Å²) in [5.41, 5.74) is 1.84. The molecule has 0 saturated heterocycles. The van der Waals surface area contributed by atoms with Gasteiger partial charge in [0.25, 0.3) is 5.91 Å². The maximum Gasteiger partial charge on any atom is 0.355 e. The molecule has 1 aliphatic rings. The van der Waals surface area contributed by atoms with E-state index in [0.717, 1.165) is 29.7 Å². The van der Waals surface area contributed by atoms with Crippen LogP contribution in [0.25, 0.3) is 0 Å². The number of carboxylic acids is 1. The molecule has 2 aromatic heterocycles. The molecule has 170 valence electrons. The molecule has 2 amide bonds. The van der Waals surface area contributed by atoms with E-state index in [1.165, 1.54) is 24.4 Å². The van der Waals surface area contributed by atoms with Gasteiger partial charge in [-0.05, 0) is 42.2 Å². The minimum atomic E-state index is -1.13. The highest BCUT2D eigenvalue weighted by atomic mass is 32.1. The third kappa shape index (κ3) is 5.81. The van der Waals surface area contributed by atoms with Gasteiger partial charge in [0, 0.05) is 23.5 Å². The van der Waals surface area contributed by atoms with Gasteiger partial charge in [-0.15, -0.1) is 11.3 Å². The van der Waals surface area contributed by atoms with Gasteiger partial charge < -0.3 is 15.7 Å². The van der Waals surface area contributed by atoms with Gasteiger partial charge in [0.15, 0.2) is 10.8 Å². The van der Waals surface area contributed by atoms with Crippen LogP contribution in [0.3, 0.4) is 0 Å². The lowest BCUT2D eigenvalue weighted by molar-refractivity contribution is -0.118. The summed E-state index contributed by atoms with van der Waals surface area (Å²) in [5.74, 6) is -1.52. The normalized spacial score (nSPS) is 14.5. The molecule has 1 aromatic carbocycles. The zero-order valence-electron chi connectivity index (χ0n) is 17.9. The number of anilines is 2. The zero-order chi connectivity index (χ0) is 23.2. The molecule has 33 heavy (non-hydrogen) atoms. The number of carbonyl (C=O) groups is 3. The van der Waals surface area contributed by atoms with E-state index in [-0.39, 0.29) is 22.6 Å². The Morgan fingerprint density at radius 1 is 1.09 bits per heavy atom. The van der Waals surface area contributed by atoms with Crippen LogP contribution in [0.1, 0.15) is 64.4 Å². The summed E-state index contributed by atoms with van der Waals surface area (Å²) in [6.45, 7) is 0. The molecule has 3 N–H and O–H groups in total. The van der Waals surface area contributed by atoms with Crippen LogP contribution in [-0.4, -0.2) is 32.9 Å². The molecule has 0 radical (unpaired) electrons. The van der Waals surface area contributed by atoms with Crippen molar-refractivity contribution >= 4 is 39.9 Å². The van der Waals surface area contributed by atoms with E-state index in [9.17, 15) is 14.4 Å². The first-order chi connectivity index (χ1) is 16.0. The second-order valence-corrected chi connectivity index (χ2v) is 8.95. The Bertz CT molecular complexity index is 1120. The molecule has 4 rings (SSSR count). The number of carboxylic acid groups (broad SMARTS) is 1. The van der Waals surface area contributed by atoms with E-state index in [1.54, 1.807) is 30.5 Å². The van der Waals surface area contributed by atoms with Crippen molar-refractivity contribution < 1.29 is 19.5 Å². The molecule has 1 fully saturated rings. The maximum absolute atomic E-state index is 13.2. The second-order valence-electron chi connectivity index (χ2n) is 8.09. The van der Waals surface area contributed by atoms with Crippen LogP contribution in [-0.2, 0) is 4.79 Å². The SMILES string of the molecule is O=C(Nc1ccc(C(CC2CCCC2)C(=O)Nc2nc(C(=O)O)cs2)cc1)c1cccnc1. The molecule has 0 spiro atoms. The Labute approximate surface area is 195 Å². The van der Waals surface area contributed by atoms with Gasteiger partial charge in [-0.1, -0.05) is 37.8 Å². The fourth-order valence-electron chi connectivity index (χ4n) is 4.09. The van der Waals surface area contributed by atoms with Crippen LogP contribution in [0.15, 0.2) is 54.2 Å². The Morgan fingerprint density at radius 2 is 1.85 bits per heavy atom. The standard InChI is InChI=1S/C24H24N4O4S/c29-21(17-6-3-11-25-13-17)26-18-9-7-16(8-10-18)19(12-15-4-1-2-5-15)22(30)28-24-27-20(14-33-24)23(31)32/h3,6-11,13-15,19H,1-2,4-5,12H2,(H,26,29)(H,31,32)(H,27,28,30). The van der Waals surface area contributed by atoms with Gasteiger partial charge in [0.05, 0.1) is 11.5 Å². The van der Waals surface area contributed by atoms with Gasteiger partial charge >= 0.3 is 5.97 Å². The number of carbonyl (C=O) groups excluding carboxylic acids is 2. The van der Waals surface area contributed by atoms with Crippen LogP contribution >= 0.6 is 11.3 Å². The Morgan fingerprint density at radius 3 is 2.48 bits per heavy atom. The number of nitrogens with zero attached hydrogens (tertiary/aromatic N) is 2. The van der Waals surface area contributed by atoms with E-state index < -0.39 is 11.9 Å². The molecule has 0 bridgehead atoms. The summed E-state index contributed by atoms with van der Waals surface area (Å²) in [5, 5.41) is 16.4. The number of nitrogens with one attached hydrogen (secondary N) is 2. The van der Waals surface area contributed by atoms with E-state index in [1.807, 2.05) is 12.1 Å². The zero-order valence-corrected chi connectivity index (χ0v) is 18.7. The van der Waals surface area contributed by atoms with Crippen molar-refractivity contribution in [1.82, 2.24) is 9.97 Å². The van der Waals surface area contributed by atoms with Crippen molar-refractivity contribution in [2.24, 2.45) is 5.92 Å². The summed E-state index contributed by atoms with van der Waals surface area (Å²) in [6.07, 6.45) is 8.37. The molecular weight excluding hydrogens is 440 g/mol. The molecule has 8 nitrogen and oxygen atoms in total. The van der Waals surface area contributed by atoms with Gasteiger partial charge in [0.2, 0.25) is 5.91 Å². The largest absolute Gasteiger partial charge is 0.476 e. The van der Waals surface area contributed by atoms with E-state index >= 15 is 0 Å². The summed E-state index contributed by atoms with van der Waals surface area (Å²) in [7, 11) is 0. The van der Waals surface area contributed by atoms with Crippen LogP contribution in [0.2, 0.25) is 0 Å². The number of benzene rings is 1. The highest BCUT2D eigenvalue weighted by molar-refractivity contribution is 7.14. The topological polar surface area (TPSA) is 121 Å². The van der Waals surface area contributed by atoms with Crippen LogP contribution in [0.5, 0.6) is 0 Å². The third-order valence-corrected chi connectivity index (χ3v) is 6.57. The lowest BCUT2D eigenvalue weighted by atomic mass is 9.87. The second kappa shape index (κ2) is 10.4. The fraction of sp³-hybridized carbons (Fsp3) is 0.292. The molecule has 1 unspecified atom stereocenters. The molecule has 0 aliphatic heterocycles. The maximum atomic E-state index is 13.2. The third-order valence-electron chi connectivity index (χ3n) is 5.81. The molecule has 2 heterocycles. The molecular formula is C24H24N4O4S. The number of aromatic nitrogens is 2. The molecule has 1 atom stereocenters. The summed E-state index contributed by atoms with van der Waals surface area (Å²) in [4.78, 5) is 44.5. The van der Waals surface area contributed by atoms with Crippen molar-refractivity contribution in [3.05, 3.63) is 71.0 Å². The van der Waals surface area contributed by atoms with E-state index in [0.29, 0.717) is 23.6 Å². The predicted octanol–water partition coefficient (Wildman–Crippen LogP) is 4.79. The predicted molar refractivity (Wildman–Crippen MR) is 126 cm³/mol. The number of hydrogen-bond acceptors (Lipinski definition) is 6. The minimum absolute atomic E-state index is 0.0867. The van der Waals surface area contributed by atoms with E-state index in [2.05, 4.69) is 20.6 Å². The first kappa shape index (κ1) is 22.6. The minimum Gasteiger partial charge on any atom is -0.476 e. The molecule has 9 heteroatoms. The molecule has 3 aromatic rings. The lowest BCUT2D eigenvalue weighted by Gasteiger charge is -2.20. The Balaban J connectivity index is 1.49. The number of rotatable bonds is 8. The first-order valence-corrected chi connectivity index (χ1v) is 11.7.